The molecule has 90 valence electrons. The van der Waals surface area contributed by atoms with Gasteiger partial charge in [0.1, 0.15) is 0 Å². The van der Waals surface area contributed by atoms with Crippen LogP contribution in [-0.4, -0.2) is 30.1 Å². The first-order valence-electron chi connectivity index (χ1n) is 5.77. The smallest absolute Gasteiger partial charge is 0.0237 e. The molecular weight excluding hydrogens is 220 g/mol. The summed E-state index contributed by atoms with van der Waals surface area (Å²) in [6.45, 7) is 7.88. The molecule has 2 atom stereocenters. The van der Waals surface area contributed by atoms with Crippen LogP contribution in [0.4, 0.5) is 0 Å². The third-order valence-electron chi connectivity index (χ3n) is 3.12. The maximum absolute atomic E-state index is 3.51. The highest BCUT2D eigenvalue weighted by atomic mass is 35.5. The molecule has 1 fully saturated rings. The van der Waals surface area contributed by atoms with Gasteiger partial charge in [0.15, 0.2) is 0 Å². The second-order valence-electron chi connectivity index (χ2n) is 4.57. The molecule has 0 aliphatic carbocycles. The van der Waals surface area contributed by atoms with E-state index in [1.54, 1.807) is 0 Å². The van der Waals surface area contributed by atoms with Crippen molar-refractivity contribution in [2.45, 2.75) is 32.5 Å². The van der Waals surface area contributed by atoms with E-state index in [1.807, 2.05) is 0 Å². The third kappa shape index (κ3) is 3.48. The van der Waals surface area contributed by atoms with Gasteiger partial charge in [-0.3, -0.25) is 4.90 Å². The van der Waals surface area contributed by atoms with Gasteiger partial charge in [0.25, 0.3) is 0 Å². The summed E-state index contributed by atoms with van der Waals surface area (Å²) in [7, 11) is 0. The molecule has 0 spiro atoms. The molecule has 0 saturated carbocycles. The molecule has 0 aromatic heterocycles. The maximum Gasteiger partial charge on any atom is 0.0237 e. The molecule has 2 nitrogen and oxygen atoms in total. The van der Waals surface area contributed by atoms with E-state index in [0.29, 0.717) is 12.1 Å². The topological polar surface area (TPSA) is 15.3 Å². The number of piperazine rings is 1. The van der Waals surface area contributed by atoms with E-state index < -0.39 is 0 Å². The Hall–Kier alpha value is -0.570. The zero-order chi connectivity index (χ0) is 10.7. The Labute approximate surface area is 104 Å². The van der Waals surface area contributed by atoms with Gasteiger partial charge in [0, 0.05) is 31.7 Å². The molecule has 1 heterocycles. The van der Waals surface area contributed by atoms with E-state index in [-0.39, 0.29) is 12.4 Å². The normalized spacial score (nSPS) is 26.1. The molecule has 1 aliphatic rings. The van der Waals surface area contributed by atoms with Crippen LogP contribution in [0.1, 0.15) is 19.4 Å². The van der Waals surface area contributed by atoms with Crippen LogP contribution in [0.2, 0.25) is 0 Å². The van der Waals surface area contributed by atoms with Crippen molar-refractivity contribution < 1.29 is 0 Å². The van der Waals surface area contributed by atoms with Crippen LogP contribution in [-0.2, 0) is 6.54 Å². The molecular formula is C13H21ClN2. The van der Waals surface area contributed by atoms with Crippen LogP contribution in [0.15, 0.2) is 30.3 Å². The predicted octanol–water partition coefficient (Wildman–Crippen LogP) is 2.29. The number of halogens is 1. The monoisotopic (exact) mass is 240 g/mol. The fourth-order valence-corrected chi connectivity index (χ4v) is 2.14. The SMILES string of the molecule is C[C@@H]1CN(Cc2ccccc2)[C@@H](C)CN1.Cl. The molecule has 1 N–H and O–H groups in total. The summed E-state index contributed by atoms with van der Waals surface area (Å²) in [6.07, 6.45) is 0. The van der Waals surface area contributed by atoms with Crippen LogP contribution in [0, 0.1) is 0 Å². The summed E-state index contributed by atoms with van der Waals surface area (Å²) in [5.74, 6) is 0. The van der Waals surface area contributed by atoms with E-state index in [1.165, 1.54) is 5.56 Å². The van der Waals surface area contributed by atoms with E-state index in [2.05, 4.69) is 54.4 Å². The number of hydrogen-bond acceptors (Lipinski definition) is 2. The van der Waals surface area contributed by atoms with E-state index in [4.69, 9.17) is 0 Å². The number of nitrogens with one attached hydrogen (secondary N) is 1. The Kier molecular flexibility index (Phi) is 5.26. The minimum absolute atomic E-state index is 0. The minimum atomic E-state index is 0. The van der Waals surface area contributed by atoms with Crippen molar-refractivity contribution in [2.75, 3.05) is 13.1 Å². The number of nitrogens with zero attached hydrogens (tertiary/aromatic N) is 1. The Balaban J connectivity index is 0.00000128. The first kappa shape index (κ1) is 13.5. The molecule has 1 aromatic rings. The lowest BCUT2D eigenvalue weighted by atomic mass is 10.1. The highest BCUT2D eigenvalue weighted by molar-refractivity contribution is 5.85. The second-order valence-corrected chi connectivity index (χ2v) is 4.57. The van der Waals surface area contributed by atoms with Crippen molar-refractivity contribution >= 4 is 12.4 Å². The molecule has 1 saturated heterocycles. The second kappa shape index (κ2) is 6.24. The largest absolute Gasteiger partial charge is 0.311 e. The summed E-state index contributed by atoms with van der Waals surface area (Å²) in [4.78, 5) is 2.55. The Morgan fingerprint density at radius 1 is 1.25 bits per heavy atom. The standard InChI is InChI=1S/C13H20N2.ClH/c1-11-9-15(12(2)8-14-11)10-13-6-4-3-5-7-13;/h3-7,11-12,14H,8-10H2,1-2H3;1H/t11-,12+;/m1./s1. The van der Waals surface area contributed by atoms with E-state index in [9.17, 15) is 0 Å². The fourth-order valence-electron chi connectivity index (χ4n) is 2.14. The summed E-state index contributed by atoms with van der Waals surface area (Å²) in [6, 6.07) is 12.0. The molecule has 3 heteroatoms. The molecule has 1 aromatic carbocycles. The highest BCUT2D eigenvalue weighted by Gasteiger charge is 2.21. The minimum Gasteiger partial charge on any atom is -0.311 e. The Morgan fingerprint density at radius 2 is 1.94 bits per heavy atom. The molecule has 0 amide bonds. The number of rotatable bonds is 2. The molecule has 0 unspecified atom stereocenters. The first-order valence-corrected chi connectivity index (χ1v) is 5.77. The van der Waals surface area contributed by atoms with Gasteiger partial charge in [0.05, 0.1) is 0 Å². The van der Waals surface area contributed by atoms with Crippen LogP contribution < -0.4 is 5.32 Å². The molecule has 0 bridgehead atoms. The van der Waals surface area contributed by atoms with Gasteiger partial charge in [-0.2, -0.15) is 0 Å². The quantitative estimate of drug-likeness (QED) is 0.854. The van der Waals surface area contributed by atoms with Gasteiger partial charge in [-0.15, -0.1) is 12.4 Å². The lowest BCUT2D eigenvalue weighted by molar-refractivity contribution is 0.139. The molecule has 1 aliphatic heterocycles. The van der Waals surface area contributed by atoms with Crippen LogP contribution >= 0.6 is 12.4 Å². The van der Waals surface area contributed by atoms with Gasteiger partial charge in [0.2, 0.25) is 0 Å². The van der Waals surface area contributed by atoms with Gasteiger partial charge in [-0.25, -0.2) is 0 Å². The lowest BCUT2D eigenvalue weighted by Gasteiger charge is -2.37. The van der Waals surface area contributed by atoms with Crippen molar-refractivity contribution in [2.24, 2.45) is 0 Å². The lowest BCUT2D eigenvalue weighted by Crippen LogP contribution is -2.53. The zero-order valence-corrected chi connectivity index (χ0v) is 10.8. The van der Waals surface area contributed by atoms with Crippen LogP contribution in [0.3, 0.4) is 0 Å². The highest BCUT2D eigenvalue weighted by Crippen LogP contribution is 2.11. The summed E-state index contributed by atoms with van der Waals surface area (Å²) in [5.41, 5.74) is 1.42. The first-order chi connectivity index (χ1) is 7.25. The number of hydrogen-bond donors (Lipinski definition) is 1. The van der Waals surface area contributed by atoms with E-state index in [0.717, 1.165) is 19.6 Å². The molecule has 0 radical (unpaired) electrons. The Morgan fingerprint density at radius 3 is 2.62 bits per heavy atom. The average Bonchev–Trinajstić information content (AvgIpc) is 2.25. The summed E-state index contributed by atoms with van der Waals surface area (Å²) in [5, 5.41) is 3.51. The van der Waals surface area contributed by atoms with Crippen molar-refractivity contribution in [1.29, 1.82) is 0 Å². The molecule has 2 rings (SSSR count). The van der Waals surface area contributed by atoms with E-state index >= 15 is 0 Å². The predicted molar refractivity (Wildman–Crippen MR) is 71.0 cm³/mol. The van der Waals surface area contributed by atoms with Gasteiger partial charge >= 0.3 is 0 Å². The van der Waals surface area contributed by atoms with Crippen molar-refractivity contribution in [3.63, 3.8) is 0 Å². The van der Waals surface area contributed by atoms with Gasteiger partial charge in [-0.05, 0) is 19.4 Å². The van der Waals surface area contributed by atoms with Crippen molar-refractivity contribution in [3.05, 3.63) is 35.9 Å². The van der Waals surface area contributed by atoms with Crippen molar-refractivity contribution in [1.82, 2.24) is 10.2 Å². The number of benzene rings is 1. The summed E-state index contributed by atoms with van der Waals surface area (Å²) >= 11 is 0. The zero-order valence-electron chi connectivity index (χ0n) is 10.0. The summed E-state index contributed by atoms with van der Waals surface area (Å²) < 4.78 is 0. The van der Waals surface area contributed by atoms with Crippen molar-refractivity contribution in [3.8, 4) is 0 Å². The Bertz CT molecular complexity index is 302. The van der Waals surface area contributed by atoms with Crippen LogP contribution in [0.5, 0.6) is 0 Å². The molecule has 16 heavy (non-hydrogen) atoms. The maximum atomic E-state index is 3.51. The fraction of sp³-hybridized carbons (Fsp3) is 0.538. The average molecular weight is 241 g/mol. The van der Waals surface area contributed by atoms with Gasteiger partial charge in [-0.1, -0.05) is 30.3 Å². The van der Waals surface area contributed by atoms with Gasteiger partial charge < -0.3 is 5.32 Å². The third-order valence-corrected chi connectivity index (χ3v) is 3.12. The van der Waals surface area contributed by atoms with Crippen LogP contribution in [0.25, 0.3) is 0 Å².